The number of rotatable bonds is 11. The molecule has 0 radical (unpaired) electrons. The van der Waals surface area contributed by atoms with E-state index < -0.39 is 29.4 Å². The first-order valence-corrected chi connectivity index (χ1v) is 15.4. The number of carbonyl (C=O) groups is 3. The lowest BCUT2D eigenvalue weighted by Crippen LogP contribution is -2.56. The summed E-state index contributed by atoms with van der Waals surface area (Å²) in [6.07, 6.45) is 5.13. The summed E-state index contributed by atoms with van der Waals surface area (Å²) < 4.78 is 7.54. The molecule has 4 N–H and O–H groups in total. The Labute approximate surface area is 288 Å². The lowest BCUT2D eigenvalue weighted by molar-refractivity contribution is -0.135. The van der Waals surface area contributed by atoms with Gasteiger partial charge in [-0.15, -0.1) is 24.8 Å². The number of ether oxygens (including phenoxy) is 1. The van der Waals surface area contributed by atoms with Crippen molar-refractivity contribution in [2.75, 3.05) is 25.0 Å². The summed E-state index contributed by atoms with van der Waals surface area (Å²) in [6.45, 7) is 6.94. The molecule has 12 heteroatoms. The fraction of sp³-hybridized carbons (Fsp3) is 0.371. The van der Waals surface area contributed by atoms with Gasteiger partial charge in [0.25, 0.3) is 5.91 Å². The molecule has 0 bridgehead atoms. The first kappa shape index (κ1) is 37.5. The lowest BCUT2D eigenvalue weighted by atomic mass is 9.96. The number of halogens is 2. The minimum Gasteiger partial charge on any atom is -0.374 e. The van der Waals surface area contributed by atoms with E-state index >= 15 is 0 Å². The third-order valence-corrected chi connectivity index (χ3v) is 8.17. The topological polar surface area (TPSA) is 132 Å². The van der Waals surface area contributed by atoms with Crippen molar-refractivity contribution in [1.82, 2.24) is 19.8 Å². The molecule has 1 aliphatic rings. The summed E-state index contributed by atoms with van der Waals surface area (Å²) in [5.41, 5.74) is 6.56. The van der Waals surface area contributed by atoms with Crippen LogP contribution in [0.3, 0.4) is 0 Å². The SMILES string of the molecule is CC1CCN(C(=O)C(c2ccc3ccccc3c2)n2cnc(NC(=O)[C@@H](COCc3ccccc3)NC(=O)C(C)(C)N)c2)CC1.Cl.Cl. The number of hydrogen-bond acceptors (Lipinski definition) is 6. The maximum atomic E-state index is 14.0. The molecule has 2 heterocycles. The number of fused-ring (bicyclic) bond motifs is 1. The smallest absolute Gasteiger partial charge is 0.250 e. The molecule has 252 valence electrons. The van der Waals surface area contributed by atoms with Crippen molar-refractivity contribution in [3.05, 3.63) is 96.4 Å². The average Bonchev–Trinajstić information content (AvgIpc) is 3.48. The van der Waals surface area contributed by atoms with Crippen LogP contribution in [0.5, 0.6) is 0 Å². The summed E-state index contributed by atoms with van der Waals surface area (Å²) in [5.74, 6) is -0.186. The van der Waals surface area contributed by atoms with E-state index in [2.05, 4.69) is 22.5 Å². The van der Waals surface area contributed by atoms with Gasteiger partial charge < -0.3 is 30.6 Å². The van der Waals surface area contributed by atoms with Gasteiger partial charge in [0, 0.05) is 19.3 Å². The molecule has 1 unspecified atom stereocenters. The Bertz CT molecular complexity index is 1630. The van der Waals surface area contributed by atoms with Gasteiger partial charge in [-0.25, -0.2) is 4.98 Å². The number of benzene rings is 3. The summed E-state index contributed by atoms with van der Waals surface area (Å²) in [6, 6.07) is 21.9. The van der Waals surface area contributed by atoms with E-state index in [9.17, 15) is 14.4 Å². The van der Waals surface area contributed by atoms with Crippen LogP contribution in [0.4, 0.5) is 5.82 Å². The Balaban J connectivity index is 0.00000300. The second-order valence-electron chi connectivity index (χ2n) is 12.5. The molecule has 0 saturated carbocycles. The molecule has 4 aromatic rings. The van der Waals surface area contributed by atoms with Crippen LogP contribution in [-0.4, -0.2) is 63.4 Å². The van der Waals surface area contributed by atoms with Crippen LogP contribution in [0.25, 0.3) is 10.8 Å². The lowest BCUT2D eigenvalue weighted by Gasteiger charge is -2.33. The Hall–Kier alpha value is -3.96. The fourth-order valence-corrected chi connectivity index (χ4v) is 5.37. The molecule has 1 fully saturated rings. The van der Waals surface area contributed by atoms with Crippen molar-refractivity contribution < 1.29 is 19.1 Å². The largest absolute Gasteiger partial charge is 0.374 e. The number of nitrogens with zero attached hydrogens (tertiary/aromatic N) is 3. The zero-order chi connectivity index (χ0) is 32.0. The van der Waals surface area contributed by atoms with E-state index in [1.165, 1.54) is 0 Å². The van der Waals surface area contributed by atoms with Crippen LogP contribution < -0.4 is 16.4 Å². The van der Waals surface area contributed by atoms with Crippen LogP contribution in [0.15, 0.2) is 85.3 Å². The number of piperidine rings is 1. The van der Waals surface area contributed by atoms with Crippen LogP contribution >= 0.6 is 24.8 Å². The third kappa shape index (κ3) is 9.77. The minimum atomic E-state index is -1.20. The van der Waals surface area contributed by atoms with Gasteiger partial charge in [0.15, 0.2) is 5.82 Å². The highest BCUT2D eigenvalue weighted by Gasteiger charge is 2.31. The number of anilines is 1. The van der Waals surface area contributed by atoms with Crippen LogP contribution in [0.2, 0.25) is 0 Å². The van der Waals surface area contributed by atoms with Crippen LogP contribution in [-0.2, 0) is 25.7 Å². The molecule has 1 aliphatic heterocycles. The monoisotopic (exact) mass is 682 g/mol. The van der Waals surface area contributed by atoms with E-state index in [-0.39, 0.29) is 49.8 Å². The van der Waals surface area contributed by atoms with Gasteiger partial charge in [-0.05, 0) is 60.6 Å². The Morgan fingerprint density at radius 2 is 1.64 bits per heavy atom. The van der Waals surface area contributed by atoms with Crippen LogP contribution in [0.1, 0.15) is 50.8 Å². The standard InChI is InChI=1S/C35H42N6O4.2ClH/c1-24-15-17-40(18-16-24)33(43)31(28-14-13-26-11-7-8-12-27(26)19-28)41-20-30(37-23-41)39-32(42)29(38-34(44)35(2,3)36)22-45-21-25-9-5-4-6-10-25;;/h4-14,19-20,23-24,29,31H,15-18,21-22,36H2,1-3H3,(H,38,44)(H,39,42);2*1H/t29-,31?;;/m1../s1. The van der Waals surface area contributed by atoms with E-state index in [1.54, 1.807) is 30.9 Å². The van der Waals surface area contributed by atoms with Gasteiger partial charge in [0.1, 0.15) is 12.1 Å². The predicted octanol–water partition coefficient (Wildman–Crippen LogP) is 5.11. The van der Waals surface area contributed by atoms with Gasteiger partial charge in [0.2, 0.25) is 11.8 Å². The number of hydrogen-bond donors (Lipinski definition) is 3. The van der Waals surface area contributed by atoms with Gasteiger partial charge in [-0.2, -0.15) is 0 Å². The zero-order valence-electron chi connectivity index (χ0n) is 26.9. The zero-order valence-corrected chi connectivity index (χ0v) is 28.6. The highest BCUT2D eigenvalue weighted by molar-refractivity contribution is 5.98. The number of amides is 3. The molecular formula is C35H44Cl2N6O4. The number of nitrogens with two attached hydrogens (primary N) is 1. The van der Waals surface area contributed by atoms with Crippen molar-refractivity contribution in [2.24, 2.45) is 11.7 Å². The van der Waals surface area contributed by atoms with Crippen LogP contribution in [0, 0.1) is 5.92 Å². The predicted molar refractivity (Wildman–Crippen MR) is 189 cm³/mol. The van der Waals surface area contributed by atoms with Gasteiger partial charge >= 0.3 is 0 Å². The number of nitrogens with one attached hydrogen (secondary N) is 2. The Kier molecular flexibility index (Phi) is 13.4. The molecule has 47 heavy (non-hydrogen) atoms. The molecule has 10 nitrogen and oxygen atoms in total. The van der Waals surface area contributed by atoms with E-state index in [0.29, 0.717) is 19.0 Å². The quantitative estimate of drug-likeness (QED) is 0.202. The molecule has 3 amide bonds. The van der Waals surface area contributed by atoms with Crippen molar-refractivity contribution in [3.8, 4) is 0 Å². The minimum absolute atomic E-state index is 0. The molecular weight excluding hydrogens is 639 g/mol. The van der Waals surface area contributed by atoms with Gasteiger partial charge in [-0.1, -0.05) is 73.7 Å². The molecule has 3 aromatic carbocycles. The van der Waals surface area contributed by atoms with E-state index in [1.807, 2.05) is 77.7 Å². The van der Waals surface area contributed by atoms with E-state index in [4.69, 9.17) is 10.5 Å². The number of carbonyl (C=O) groups excluding carboxylic acids is 3. The first-order chi connectivity index (χ1) is 21.6. The second-order valence-corrected chi connectivity index (χ2v) is 12.5. The highest BCUT2D eigenvalue weighted by atomic mass is 35.5. The Morgan fingerprint density at radius 3 is 2.32 bits per heavy atom. The molecule has 5 rings (SSSR count). The fourth-order valence-electron chi connectivity index (χ4n) is 5.37. The maximum Gasteiger partial charge on any atom is 0.250 e. The summed E-state index contributed by atoms with van der Waals surface area (Å²) >= 11 is 0. The van der Waals surface area contributed by atoms with Crippen molar-refractivity contribution in [2.45, 2.75) is 57.8 Å². The summed E-state index contributed by atoms with van der Waals surface area (Å²) in [5, 5.41) is 7.62. The van der Waals surface area contributed by atoms with Crippen molar-refractivity contribution in [1.29, 1.82) is 0 Å². The number of imidazole rings is 1. The maximum absolute atomic E-state index is 14.0. The highest BCUT2D eigenvalue weighted by Crippen LogP contribution is 2.28. The third-order valence-electron chi connectivity index (χ3n) is 8.17. The van der Waals surface area contributed by atoms with E-state index in [0.717, 1.165) is 34.7 Å². The second kappa shape index (κ2) is 16.7. The molecule has 0 aliphatic carbocycles. The molecule has 1 saturated heterocycles. The molecule has 2 atom stereocenters. The normalized spacial score (nSPS) is 14.8. The van der Waals surface area contributed by atoms with Gasteiger partial charge in [0.05, 0.1) is 25.1 Å². The summed E-state index contributed by atoms with van der Waals surface area (Å²) in [4.78, 5) is 46.6. The Morgan fingerprint density at radius 1 is 0.979 bits per heavy atom. The van der Waals surface area contributed by atoms with Gasteiger partial charge in [-0.3, -0.25) is 14.4 Å². The molecule has 0 spiro atoms. The number of aromatic nitrogens is 2. The number of likely N-dealkylation sites (tertiary alicyclic amines) is 1. The first-order valence-electron chi connectivity index (χ1n) is 15.4. The molecule has 1 aromatic heterocycles. The summed E-state index contributed by atoms with van der Waals surface area (Å²) in [7, 11) is 0. The van der Waals surface area contributed by atoms with Crippen molar-refractivity contribution in [3.63, 3.8) is 0 Å². The average molecular weight is 684 g/mol. The van der Waals surface area contributed by atoms with Crippen molar-refractivity contribution >= 4 is 59.1 Å².